The summed E-state index contributed by atoms with van der Waals surface area (Å²) in [6, 6.07) is 7.08. The lowest BCUT2D eigenvalue weighted by atomic mass is 9.73. The van der Waals surface area contributed by atoms with Crippen LogP contribution in [0, 0.1) is 11.8 Å². The maximum Gasteiger partial charge on any atom is 0.251 e. The van der Waals surface area contributed by atoms with Crippen LogP contribution in [-0.4, -0.2) is 49.2 Å². The Hall–Kier alpha value is -1.10. The smallest absolute Gasteiger partial charge is 0.251 e. The lowest BCUT2D eigenvalue weighted by molar-refractivity contribution is 0.00472. The van der Waals surface area contributed by atoms with Crippen LogP contribution in [0.15, 0.2) is 24.3 Å². The van der Waals surface area contributed by atoms with Crippen molar-refractivity contribution in [2.75, 3.05) is 26.7 Å². The van der Waals surface area contributed by atoms with E-state index in [0.717, 1.165) is 19.5 Å². The van der Waals surface area contributed by atoms with Crippen LogP contribution < -0.4 is 5.32 Å². The second-order valence-corrected chi connectivity index (χ2v) is 7.38. The number of ether oxygens (including phenoxy) is 1. The predicted molar refractivity (Wildman–Crippen MR) is 85.1 cm³/mol. The van der Waals surface area contributed by atoms with E-state index < -0.39 is 0 Å². The van der Waals surface area contributed by atoms with E-state index in [1.54, 1.807) is 24.3 Å². The molecule has 1 aromatic carbocycles. The van der Waals surface area contributed by atoms with Crippen molar-refractivity contribution in [2.45, 2.75) is 24.5 Å². The van der Waals surface area contributed by atoms with E-state index >= 15 is 0 Å². The minimum atomic E-state index is -0.0503. The number of carbonyl (C=O) groups excluding carboxylic acids is 1. The molecule has 3 aliphatic rings. The van der Waals surface area contributed by atoms with Crippen molar-refractivity contribution in [3.63, 3.8) is 0 Å². The zero-order chi connectivity index (χ0) is 15.3. The van der Waals surface area contributed by atoms with Gasteiger partial charge in [0.05, 0.1) is 11.7 Å². The fraction of sp³-hybridized carbons (Fsp3) is 0.588. The number of carbonyl (C=O) groups is 1. The number of nitrogens with zero attached hydrogens (tertiary/aromatic N) is 1. The molecule has 1 spiro atoms. The molecule has 3 fully saturated rings. The van der Waals surface area contributed by atoms with Crippen LogP contribution in [0.5, 0.6) is 0 Å². The topological polar surface area (TPSA) is 41.6 Å². The van der Waals surface area contributed by atoms with Crippen molar-refractivity contribution in [1.82, 2.24) is 10.2 Å². The molecule has 4 atom stereocenters. The van der Waals surface area contributed by atoms with E-state index in [1.165, 1.54) is 6.42 Å². The number of rotatable bonds is 3. The van der Waals surface area contributed by atoms with Crippen molar-refractivity contribution in [2.24, 2.45) is 11.8 Å². The van der Waals surface area contributed by atoms with Gasteiger partial charge in [-0.2, -0.15) is 0 Å². The number of nitrogens with one attached hydrogen (secondary N) is 1. The van der Waals surface area contributed by atoms with Gasteiger partial charge in [0.15, 0.2) is 0 Å². The molecule has 4 rings (SSSR count). The van der Waals surface area contributed by atoms with Crippen LogP contribution in [-0.2, 0) is 4.74 Å². The van der Waals surface area contributed by atoms with Gasteiger partial charge in [-0.3, -0.25) is 4.79 Å². The van der Waals surface area contributed by atoms with E-state index in [4.69, 9.17) is 16.3 Å². The van der Waals surface area contributed by atoms with Crippen molar-refractivity contribution < 1.29 is 9.53 Å². The molecule has 0 aromatic heterocycles. The monoisotopic (exact) mass is 320 g/mol. The molecule has 0 aliphatic carbocycles. The summed E-state index contributed by atoms with van der Waals surface area (Å²) in [5.74, 6) is 0.934. The number of fused-ring (bicyclic) bond motifs is 1. The average Bonchev–Trinajstić information content (AvgIpc) is 3.11. The number of amides is 1. The minimum Gasteiger partial charge on any atom is -0.370 e. The first-order valence-corrected chi connectivity index (χ1v) is 8.35. The first kappa shape index (κ1) is 14.5. The zero-order valence-corrected chi connectivity index (χ0v) is 13.5. The Morgan fingerprint density at radius 2 is 2.41 bits per heavy atom. The summed E-state index contributed by atoms with van der Waals surface area (Å²) >= 11 is 5.95. The van der Waals surface area contributed by atoms with Crippen LogP contribution in [0.4, 0.5) is 0 Å². The van der Waals surface area contributed by atoms with Crippen LogP contribution >= 0.6 is 11.6 Å². The number of likely N-dealkylation sites (N-methyl/N-ethyl adjacent to an activating group) is 1. The van der Waals surface area contributed by atoms with Gasteiger partial charge >= 0.3 is 0 Å². The molecular weight excluding hydrogens is 300 g/mol. The number of likely N-dealkylation sites (tertiary alicyclic amines) is 1. The van der Waals surface area contributed by atoms with Crippen molar-refractivity contribution >= 4 is 17.5 Å². The second kappa shape index (κ2) is 5.22. The van der Waals surface area contributed by atoms with Crippen molar-refractivity contribution in [3.8, 4) is 0 Å². The fourth-order valence-corrected chi connectivity index (χ4v) is 4.83. The van der Waals surface area contributed by atoms with Gasteiger partial charge < -0.3 is 15.0 Å². The number of hydrogen-bond acceptors (Lipinski definition) is 3. The molecule has 1 aromatic rings. The van der Waals surface area contributed by atoms with Gasteiger partial charge in [-0.15, -0.1) is 0 Å². The molecule has 1 N–H and O–H groups in total. The third kappa shape index (κ3) is 2.25. The molecule has 3 saturated heterocycles. The molecule has 0 unspecified atom stereocenters. The highest BCUT2D eigenvalue weighted by molar-refractivity contribution is 6.30. The second-order valence-electron chi connectivity index (χ2n) is 6.95. The van der Waals surface area contributed by atoms with Crippen LogP contribution in [0.1, 0.15) is 23.2 Å². The Labute approximate surface area is 135 Å². The SMILES string of the molecule is CN1C[C@@H]2[C@H](CNC(=O)c3cccc(Cl)c3)[C@H]3CC[C@]2(C1)O3. The molecule has 2 bridgehead atoms. The summed E-state index contributed by atoms with van der Waals surface area (Å²) in [5, 5.41) is 3.67. The van der Waals surface area contributed by atoms with Crippen molar-refractivity contribution in [1.29, 1.82) is 0 Å². The Morgan fingerprint density at radius 1 is 1.55 bits per heavy atom. The Balaban J connectivity index is 1.43. The summed E-state index contributed by atoms with van der Waals surface area (Å²) in [6.45, 7) is 2.80. The molecule has 3 aliphatic heterocycles. The van der Waals surface area contributed by atoms with Crippen molar-refractivity contribution in [3.05, 3.63) is 34.9 Å². The molecule has 5 heteroatoms. The Kier molecular flexibility index (Phi) is 3.44. The van der Waals surface area contributed by atoms with Crippen LogP contribution in [0.2, 0.25) is 5.02 Å². The number of hydrogen-bond donors (Lipinski definition) is 1. The Morgan fingerprint density at radius 3 is 3.23 bits per heavy atom. The third-order valence-electron chi connectivity index (χ3n) is 5.54. The van der Waals surface area contributed by atoms with Gasteiger partial charge in [0.25, 0.3) is 5.91 Å². The van der Waals surface area contributed by atoms with Crippen LogP contribution in [0.25, 0.3) is 0 Å². The molecule has 22 heavy (non-hydrogen) atoms. The first-order valence-electron chi connectivity index (χ1n) is 7.97. The largest absolute Gasteiger partial charge is 0.370 e. The van der Waals surface area contributed by atoms with Gasteiger partial charge in [-0.05, 0) is 38.1 Å². The standard InChI is InChI=1S/C17H21ClN2O2/c1-20-9-14-13(15-5-6-17(14,10-20)22-15)8-19-16(21)11-3-2-4-12(18)7-11/h2-4,7,13-15H,5-6,8-10H2,1H3,(H,19,21)/t13-,14+,15+,17+/m0/s1. The lowest BCUT2D eigenvalue weighted by Gasteiger charge is -2.29. The Bertz CT molecular complexity index is 608. The maximum absolute atomic E-state index is 12.3. The van der Waals surface area contributed by atoms with E-state index in [2.05, 4.69) is 17.3 Å². The predicted octanol–water partition coefficient (Wildman–Crippen LogP) is 2.18. The molecule has 0 saturated carbocycles. The summed E-state index contributed by atoms with van der Waals surface area (Å²) in [4.78, 5) is 14.7. The van der Waals surface area contributed by atoms with Gasteiger partial charge in [-0.1, -0.05) is 17.7 Å². The molecule has 0 radical (unpaired) electrons. The third-order valence-corrected chi connectivity index (χ3v) is 5.77. The summed E-state index contributed by atoms with van der Waals surface area (Å²) in [6.07, 6.45) is 2.62. The maximum atomic E-state index is 12.3. The van der Waals surface area contributed by atoms with E-state index in [0.29, 0.717) is 35.1 Å². The van der Waals surface area contributed by atoms with E-state index in [1.807, 2.05) is 0 Å². The molecule has 3 heterocycles. The number of benzene rings is 1. The van der Waals surface area contributed by atoms with Gasteiger partial charge in [0, 0.05) is 42.1 Å². The molecular formula is C17H21ClN2O2. The highest BCUT2D eigenvalue weighted by Crippen LogP contribution is 2.54. The van der Waals surface area contributed by atoms with Gasteiger partial charge in [0.1, 0.15) is 0 Å². The lowest BCUT2D eigenvalue weighted by Crippen LogP contribution is -2.41. The van der Waals surface area contributed by atoms with Gasteiger partial charge in [-0.25, -0.2) is 0 Å². The first-order chi connectivity index (χ1) is 10.6. The summed E-state index contributed by atoms with van der Waals surface area (Å²) in [7, 11) is 2.16. The summed E-state index contributed by atoms with van der Waals surface area (Å²) < 4.78 is 6.31. The molecule has 1 amide bonds. The average molecular weight is 321 g/mol. The normalized spacial score (nSPS) is 36.5. The zero-order valence-electron chi connectivity index (χ0n) is 12.7. The summed E-state index contributed by atoms with van der Waals surface area (Å²) in [5.41, 5.74) is 0.681. The van der Waals surface area contributed by atoms with E-state index in [-0.39, 0.29) is 11.5 Å². The quantitative estimate of drug-likeness (QED) is 0.928. The highest BCUT2D eigenvalue weighted by Gasteiger charge is 2.62. The van der Waals surface area contributed by atoms with Gasteiger partial charge in [0.2, 0.25) is 0 Å². The fourth-order valence-electron chi connectivity index (χ4n) is 4.64. The van der Waals surface area contributed by atoms with Crippen LogP contribution in [0.3, 0.4) is 0 Å². The minimum absolute atomic E-state index is 0.0503. The molecule has 118 valence electrons. The van der Waals surface area contributed by atoms with E-state index in [9.17, 15) is 4.79 Å². The number of halogens is 1. The molecule has 4 nitrogen and oxygen atoms in total. The highest BCUT2D eigenvalue weighted by atomic mass is 35.5.